The number of methoxy groups -OCH3 is 1. The minimum absolute atomic E-state index is 0.330. The Morgan fingerprint density at radius 1 is 1.15 bits per heavy atom. The first-order valence-corrected chi connectivity index (χ1v) is 9.31. The molecular weight excluding hydrogens is 399 g/mol. The molecule has 1 aromatic rings. The predicted molar refractivity (Wildman–Crippen MR) is 104 cm³/mol. The van der Waals surface area contributed by atoms with Gasteiger partial charge in [0.1, 0.15) is 0 Å². The maximum Gasteiger partial charge on any atom is 0.640 e. The highest BCUT2D eigenvalue weighted by atomic mass is 79.9. The normalized spacial score (nSPS) is 20.5. The molecule has 7 heteroatoms. The Labute approximate surface area is 164 Å². The second-order valence-electron chi connectivity index (χ2n) is 7.46. The summed E-state index contributed by atoms with van der Waals surface area (Å²) >= 11 is 3.43. The fourth-order valence-electron chi connectivity index (χ4n) is 2.60. The lowest BCUT2D eigenvalue weighted by molar-refractivity contribution is -0.137. The molecule has 1 heterocycles. The second-order valence-corrected chi connectivity index (χ2v) is 8.37. The van der Waals surface area contributed by atoms with Crippen molar-refractivity contribution >= 4 is 29.2 Å². The van der Waals surface area contributed by atoms with Gasteiger partial charge in [0.05, 0.1) is 24.4 Å². The first kappa shape index (κ1) is 21.2. The van der Waals surface area contributed by atoms with Gasteiger partial charge >= 0.3 is 13.3 Å². The predicted octanol–water partition coefficient (Wildman–Crippen LogP) is 4.46. The van der Waals surface area contributed by atoms with Crippen LogP contribution >= 0.6 is 15.9 Å². The molecule has 5 nitrogen and oxygen atoms in total. The number of hydrogen-bond acceptors (Lipinski definition) is 5. The molecule has 0 aliphatic carbocycles. The lowest BCUT2D eigenvalue weighted by Crippen LogP contribution is -2.41. The molecule has 1 aliphatic heterocycles. The summed E-state index contributed by atoms with van der Waals surface area (Å²) in [5.41, 5.74) is 0.201. The van der Waals surface area contributed by atoms with Crippen LogP contribution in [-0.2, 0) is 23.5 Å². The van der Waals surface area contributed by atoms with Crippen molar-refractivity contribution in [2.24, 2.45) is 5.92 Å². The summed E-state index contributed by atoms with van der Waals surface area (Å²) in [6.07, 6.45) is -0.482. The van der Waals surface area contributed by atoms with Crippen molar-refractivity contribution in [1.29, 1.82) is 0 Å². The van der Waals surface area contributed by atoms with Crippen molar-refractivity contribution in [2.75, 3.05) is 7.11 Å². The van der Waals surface area contributed by atoms with Crippen molar-refractivity contribution in [3.05, 3.63) is 46.5 Å². The Kier molecular flexibility index (Phi) is 6.38. The molecule has 1 saturated heterocycles. The zero-order chi connectivity index (χ0) is 19.7. The fraction of sp³-hybridized carbons (Fsp3) is 0.526. The zero-order valence-corrected chi connectivity index (χ0v) is 17.8. The molecule has 1 aliphatic rings. The van der Waals surface area contributed by atoms with E-state index < -0.39 is 30.6 Å². The average Bonchev–Trinajstić information content (AvgIpc) is 2.78. The van der Waals surface area contributed by atoms with Gasteiger partial charge in [-0.15, -0.1) is 0 Å². The Morgan fingerprint density at radius 3 is 2.12 bits per heavy atom. The highest BCUT2D eigenvalue weighted by molar-refractivity contribution is 9.10. The van der Waals surface area contributed by atoms with Crippen LogP contribution < -0.4 is 0 Å². The Balaban J connectivity index is 2.28. The fourth-order valence-corrected chi connectivity index (χ4v) is 2.87. The topological polar surface area (TPSA) is 54.0 Å². The van der Waals surface area contributed by atoms with Crippen LogP contribution in [0.2, 0.25) is 0 Å². The summed E-state index contributed by atoms with van der Waals surface area (Å²) in [6.45, 7) is 13.6. The molecule has 0 amide bonds. The molecule has 142 valence electrons. The largest absolute Gasteiger partial charge is 0.640 e. The van der Waals surface area contributed by atoms with Crippen LogP contribution in [0.15, 0.2) is 40.9 Å². The van der Waals surface area contributed by atoms with Gasteiger partial charge in [0.15, 0.2) is 0 Å². The number of ether oxygens (including phenoxy) is 1. The third-order valence-corrected chi connectivity index (χ3v) is 5.67. The van der Waals surface area contributed by atoms with Crippen molar-refractivity contribution < 1.29 is 23.5 Å². The van der Waals surface area contributed by atoms with Crippen molar-refractivity contribution in [3.8, 4) is 0 Å². The minimum Gasteiger partial charge on any atom is -0.466 e. The van der Waals surface area contributed by atoms with Gasteiger partial charge in [-0.05, 0) is 45.4 Å². The van der Waals surface area contributed by atoms with Crippen molar-refractivity contribution in [3.63, 3.8) is 0 Å². The van der Waals surface area contributed by atoms with Gasteiger partial charge in [-0.25, -0.2) is 4.79 Å². The summed E-state index contributed by atoms with van der Waals surface area (Å²) in [5, 5.41) is 0. The third-order valence-electron chi connectivity index (χ3n) is 5.14. The lowest BCUT2D eigenvalue weighted by atomic mass is 9.90. The number of halogens is 1. The van der Waals surface area contributed by atoms with E-state index in [0.29, 0.717) is 5.57 Å². The molecule has 2 atom stereocenters. The quantitative estimate of drug-likeness (QED) is 0.383. The molecular formula is C19H26BBrO5. The van der Waals surface area contributed by atoms with Crippen LogP contribution in [0, 0.1) is 5.92 Å². The summed E-state index contributed by atoms with van der Waals surface area (Å²) in [4.78, 5) is 11.9. The maximum absolute atomic E-state index is 11.9. The molecule has 26 heavy (non-hydrogen) atoms. The van der Waals surface area contributed by atoms with E-state index in [2.05, 4.69) is 22.5 Å². The molecule has 2 rings (SSSR count). The van der Waals surface area contributed by atoms with E-state index in [1.54, 1.807) is 0 Å². The highest BCUT2D eigenvalue weighted by Gasteiger charge is 2.54. The molecule has 0 unspecified atom stereocenters. The summed E-state index contributed by atoms with van der Waals surface area (Å²) < 4.78 is 23.8. The van der Waals surface area contributed by atoms with Gasteiger partial charge in [-0.3, -0.25) is 0 Å². The van der Waals surface area contributed by atoms with E-state index in [9.17, 15) is 4.79 Å². The molecule has 0 spiro atoms. The number of carbonyl (C=O) groups is 1. The number of hydrogen-bond donors (Lipinski definition) is 0. The van der Waals surface area contributed by atoms with E-state index >= 15 is 0 Å². The van der Waals surface area contributed by atoms with Gasteiger partial charge in [-0.1, -0.05) is 41.6 Å². The SMILES string of the molecule is C=C(C(=O)OC)[C@@H](C)[C@H](OB1OC(C)(C)C(C)(C)O1)c1ccc(Br)cc1. The van der Waals surface area contributed by atoms with E-state index in [1.165, 1.54) is 7.11 Å². The zero-order valence-electron chi connectivity index (χ0n) is 16.2. The van der Waals surface area contributed by atoms with Crippen LogP contribution in [0.5, 0.6) is 0 Å². The van der Waals surface area contributed by atoms with Gasteiger partial charge in [-0.2, -0.15) is 0 Å². The van der Waals surface area contributed by atoms with Crippen molar-refractivity contribution in [1.82, 2.24) is 0 Å². The van der Waals surface area contributed by atoms with Gasteiger partial charge in [0.2, 0.25) is 0 Å². The van der Waals surface area contributed by atoms with E-state index in [0.717, 1.165) is 10.0 Å². The number of carbonyl (C=O) groups excluding carboxylic acids is 1. The highest BCUT2D eigenvalue weighted by Crippen LogP contribution is 2.40. The van der Waals surface area contributed by atoms with Crippen molar-refractivity contribution in [2.45, 2.75) is 51.9 Å². The third kappa shape index (κ3) is 4.39. The van der Waals surface area contributed by atoms with Crippen LogP contribution in [0.25, 0.3) is 0 Å². The lowest BCUT2D eigenvalue weighted by Gasteiger charge is -2.31. The summed E-state index contributed by atoms with van der Waals surface area (Å²) in [7, 11) is 0.491. The van der Waals surface area contributed by atoms with Crippen LogP contribution in [0.1, 0.15) is 46.3 Å². The first-order chi connectivity index (χ1) is 12.0. The maximum atomic E-state index is 11.9. The number of esters is 1. The molecule has 1 aromatic carbocycles. The number of rotatable bonds is 6. The smallest absolute Gasteiger partial charge is 0.466 e. The molecule has 0 saturated carbocycles. The van der Waals surface area contributed by atoms with Crippen LogP contribution in [0.4, 0.5) is 0 Å². The molecule has 1 fully saturated rings. The van der Waals surface area contributed by atoms with Crippen LogP contribution in [-0.4, -0.2) is 31.6 Å². The van der Waals surface area contributed by atoms with E-state index in [4.69, 9.17) is 18.7 Å². The molecule has 0 radical (unpaired) electrons. The van der Waals surface area contributed by atoms with Crippen LogP contribution in [0.3, 0.4) is 0 Å². The average molecular weight is 425 g/mol. The minimum atomic E-state index is -0.846. The van der Waals surface area contributed by atoms with E-state index in [1.807, 2.05) is 58.9 Å². The Bertz CT molecular complexity index is 655. The second kappa shape index (κ2) is 7.84. The van der Waals surface area contributed by atoms with E-state index in [-0.39, 0.29) is 5.92 Å². The Hall–Kier alpha value is -1.15. The summed E-state index contributed by atoms with van der Waals surface area (Å²) in [6, 6.07) is 7.70. The van der Waals surface area contributed by atoms with Gasteiger partial charge < -0.3 is 18.7 Å². The molecule has 0 bridgehead atoms. The molecule has 0 N–H and O–H groups in total. The summed E-state index contributed by atoms with van der Waals surface area (Å²) in [5.74, 6) is -0.792. The molecule has 0 aromatic heterocycles. The van der Waals surface area contributed by atoms with Gasteiger partial charge in [0, 0.05) is 16.0 Å². The first-order valence-electron chi connectivity index (χ1n) is 8.52. The number of benzene rings is 1. The van der Waals surface area contributed by atoms with Gasteiger partial charge in [0.25, 0.3) is 0 Å². The monoisotopic (exact) mass is 424 g/mol. The standard InChI is InChI=1S/C19H26BBrO5/c1-12(13(2)17(22)23-7)16(14-8-10-15(21)11-9-14)24-20-25-18(3,4)19(5,6)26-20/h8-12,16H,2H2,1,3-7H3/t12-,16+/m1/s1. The Morgan fingerprint density at radius 2 is 1.65 bits per heavy atom.